The van der Waals surface area contributed by atoms with Gasteiger partial charge in [0.05, 0.1) is 10.0 Å². The Morgan fingerprint density at radius 3 is 2.80 bits per heavy atom. The second kappa shape index (κ2) is 4.04. The van der Waals surface area contributed by atoms with Crippen LogP contribution in [0.1, 0.15) is 0 Å². The van der Waals surface area contributed by atoms with E-state index in [-0.39, 0.29) is 0 Å². The fraction of sp³-hybridized carbons (Fsp3) is 0.125. The van der Waals surface area contributed by atoms with Gasteiger partial charge in [-0.3, -0.25) is 0 Å². The van der Waals surface area contributed by atoms with Crippen LogP contribution in [0.3, 0.4) is 0 Å². The molecule has 0 fully saturated rings. The maximum atomic E-state index is 5.93. The molecule has 2 rings (SSSR count). The summed E-state index contributed by atoms with van der Waals surface area (Å²) in [4.78, 5) is 8.03. The van der Waals surface area contributed by atoms with Crippen molar-refractivity contribution < 1.29 is 4.52 Å². The van der Waals surface area contributed by atoms with Gasteiger partial charge in [0.25, 0.3) is 0 Å². The van der Waals surface area contributed by atoms with Gasteiger partial charge in [-0.15, -0.1) is 0 Å². The molecule has 0 spiro atoms. The van der Waals surface area contributed by atoms with Crippen LogP contribution >= 0.6 is 23.2 Å². The molecule has 78 valence electrons. The van der Waals surface area contributed by atoms with Gasteiger partial charge in [0.1, 0.15) is 5.69 Å². The zero-order valence-corrected chi connectivity index (χ0v) is 9.17. The summed E-state index contributed by atoms with van der Waals surface area (Å²) in [6, 6.07) is 1.87. The van der Waals surface area contributed by atoms with E-state index in [1.807, 2.05) is 0 Å². The number of pyridine rings is 1. The molecule has 0 saturated carbocycles. The third-order valence-corrected chi connectivity index (χ3v) is 2.15. The number of nitrogens with one attached hydrogen (secondary N) is 1. The third-order valence-electron chi connectivity index (χ3n) is 1.66. The molecule has 0 unspecified atom stereocenters. The zero-order valence-electron chi connectivity index (χ0n) is 7.66. The summed E-state index contributed by atoms with van der Waals surface area (Å²) in [7, 11) is 1.67. The van der Waals surface area contributed by atoms with E-state index in [0.29, 0.717) is 27.6 Å². The Morgan fingerprint density at radius 2 is 2.20 bits per heavy atom. The quantitative estimate of drug-likeness (QED) is 0.880. The average Bonchev–Trinajstić information content (AvgIpc) is 2.66. The standard InChI is InChI=1S/C8H6Cl2N4O/c1-11-8-13-7(14-15-8)6-5(10)2-4(9)3-12-6/h2-3H,1H3,(H,11,13,14). The Kier molecular flexibility index (Phi) is 2.75. The van der Waals surface area contributed by atoms with Crippen molar-refractivity contribution in [3.05, 3.63) is 22.3 Å². The molecule has 1 N–H and O–H groups in total. The number of aromatic nitrogens is 3. The highest BCUT2D eigenvalue weighted by atomic mass is 35.5. The lowest BCUT2D eigenvalue weighted by atomic mass is 10.3. The molecular weight excluding hydrogens is 239 g/mol. The Hall–Kier alpha value is -1.33. The van der Waals surface area contributed by atoms with Crippen molar-refractivity contribution in [1.82, 2.24) is 15.1 Å². The Balaban J connectivity index is 2.44. The molecule has 0 radical (unpaired) electrons. The number of halogens is 2. The van der Waals surface area contributed by atoms with Crippen LogP contribution in [-0.2, 0) is 0 Å². The van der Waals surface area contributed by atoms with Gasteiger partial charge < -0.3 is 9.84 Å². The summed E-state index contributed by atoms with van der Waals surface area (Å²) in [5, 5.41) is 7.26. The summed E-state index contributed by atoms with van der Waals surface area (Å²) in [5.74, 6) is 0.320. The molecule has 0 aromatic carbocycles. The molecule has 0 bridgehead atoms. The molecule has 2 heterocycles. The highest BCUT2D eigenvalue weighted by molar-refractivity contribution is 6.35. The first-order chi connectivity index (χ1) is 7.20. The number of hydrogen-bond acceptors (Lipinski definition) is 5. The van der Waals surface area contributed by atoms with Gasteiger partial charge in [0.2, 0.25) is 5.82 Å². The molecule has 7 heteroatoms. The molecule has 5 nitrogen and oxygen atoms in total. The Bertz CT molecular complexity index is 485. The monoisotopic (exact) mass is 244 g/mol. The number of nitrogens with zero attached hydrogens (tertiary/aromatic N) is 3. The Morgan fingerprint density at radius 1 is 1.40 bits per heavy atom. The van der Waals surface area contributed by atoms with Crippen molar-refractivity contribution in [2.24, 2.45) is 0 Å². The van der Waals surface area contributed by atoms with Gasteiger partial charge in [-0.25, -0.2) is 4.98 Å². The minimum Gasteiger partial charge on any atom is -0.341 e. The fourth-order valence-electron chi connectivity index (χ4n) is 1.00. The van der Waals surface area contributed by atoms with Crippen LogP contribution in [0.4, 0.5) is 6.01 Å². The third kappa shape index (κ3) is 2.03. The largest absolute Gasteiger partial charge is 0.341 e. The fourth-order valence-corrected chi connectivity index (χ4v) is 1.46. The van der Waals surface area contributed by atoms with Crippen molar-refractivity contribution in [1.29, 1.82) is 0 Å². The zero-order chi connectivity index (χ0) is 10.8. The van der Waals surface area contributed by atoms with Crippen molar-refractivity contribution in [2.45, 2.75) is 0 Å². The van der Waals surface area contributed by atoms with Crippen molar-refractivity contribution >= 4 is 29.2 Å². The van der Waals surface area contributed by atoms with E-state index in [2.05, 4.69) is 20.4 Å². The second-order valence-corrected chi connectivity index (χ2v) is 3.50. The van der Waals surface area contributed by atoms with Gasteiger partial charge >= 0.3 is 6.01 Å². The summed E-state index contributed by atoms with van der Waals surface area (Å²) >= 11 is 11.6. The number of hydrogen-bond donors (Lipinski definition) is 1. The lowest BCUT2D eigenvalue weighted by Gasteiger charge is -1.97. The molecule has 2 aromatic rings. The summed E-state index contributed by atoms with van der Waals surface area (Å²) < 4.78 is 4.85. The molecule has 2 aromatic heterocycles. The number of rotatable bonds is 2. The van der Waals surface area contributed by atoms with E-state index in [1.54, 1.807) is 13.1 Å². The lowest BCUT2D eigenvalue weighted by molar-refractivity contribution is 0.434. The van der Waals surface area contributed by atoms with E-state index in [0.717, 1.165) is 0 Å². The van der Waals surface area contributed by atoms with E-state index in [1.165, 1.54) is 6.20 Å². The molecule has 0 amide bonds. The van der Waals surface area contributed by atoms with E-state index in [4.69, 9.17) is 27.7 Å². The van der Waals surface area contributed by atoms with Crippen molar-refractivity contribution in [3.63, 3.8) is 0 Å². The summed E-state index contributed by atoms with van der Waals surface area (Å²) in [5.41, 5.74) is 0.436. The van der Waals surface area contributed by atoms with Gasteiger partial charge in [-0.2, -0.15) is 4.98 Å². The van der Waals surface area contributed by atoms with Crippen LogP contribution in [0.2, 0.25) is 10.0 Å². The minimum atomic E-state index is 0.304. The first kappa shape index (κ1) is 10.2. The van der Waals surface area contributed by atoms with Crippen molar-refractivity contribution in [3.8, 4) is 11.5 Å². The average molecular weight is 245 g/mol. The second-order valence-electron chi connectivity index (χ2n) is 2.66. The SMILES string of the molecule is CNc1nc(-c2ncc(Cl)cc2Cl)no1. The molecule has 0 aliphatic carbocycles. The smallest absolute Gasteiger partial charge is 0.321 e. The van der Waals surface area contributed by atoms with Gasteiger partial charge in [-0.1, -0.05) is 28.4 Å². The molecule has 0 aliphatic heterocycles. The van der Waals surface area contributed by atoms with E-state index >= 15 is 0 Å². The van der Waals surface area contributed by atoms with Crippen molar-refractivity contribution in [2.75, 3.05) is 12.4 Å². The van der Waals surface area contributed by atoms with E-state index < -0.39 is 0 Å². The highest BCUT2D eigenvalue weighted by Crippen LogP contribution is 2.26. The maximum absolute atomic E-state index is 5.93. The summed E-state index contributed by atoms with van der Waals surface area (Å²) in [6.07, 6.45) is 1.47. The molecular formula is C8H6Cl2N4O. The van der Waals surface area contributed by atoms with Gasteiger partial charge in [0, 0.05) is 13.2 Å². The van der Waals surface area contributed by atoms with Crippen LogP contribution < -0.4 is 5.32 Å². The van der Waals surface area contributed by atoms with Crippen LogP contribution in [0.15, 0.2) is 16.8 Å². The lowest BCUT2D eigenvalue weighted by Crippen LogP contribution is -1.89. The van der Waals surface area contributed by atoms with Gasteiger partial charge in [0.15, 0.2) is 0 Å². The topological polar surface area (TPSA) is 63.8 Å². The normalized spacial score (nSPS) is 10.3. The highest BCUT2D eigenvalue weighted by Gasteiger charge is 2.12. The van der Waals surface area contributed by atoms with Crippen LogP contribution in [-0.4, -0.2) is 22.2 Å². The predicted molar refractivity (Wildman–Crippen MR) is 57.1 cm³/mol. The molecule has 0 aliphatic rings. The molecule has 15 heavy (non-hydrogen) atoms. The molecule has 0 atom stereocenters. The van der Waals surface area contributed by atoms with Crippen LogP contribution in [0.5, 0.6) is 0 Å². The van der Waals surface area contributed by atoms with Crippen LogP contribution in [0.25, 0.3) is 11.5 Å². The predicted octanol–water partition coefficient (Wildman–Crippen LogP) is 2.48. The van der Waals surface area contributed by atoms with Crippen LogP contribution in [0, 0.1) is 0 Å². The first-order valence-corrected chi connectivity index (χ1v) is 4.79. The Labute approximate surface area is 95.4 Å². The number of anilines is 1. The maximum Gasteiger partial charge on any atom is 0.321 e. The van der Waals surface area contributed by atoms with Gasteiger partial charge in [-0.05, 0) is 6.07 Å². The van der Waals surface area contributed by atoms with E-state index in [9.17, 15) is 0 Å². The first-order valence-electron chi connectivity index (χ1n) is 4.03. The molecule has 0 saturated heterocycles. The summed E-state index contributed by atoms with van der Waals surface area (Å²) in [6.45, 7) is 0. The minimum absolute atomic E-state index is 0.304.